The molecule has 55 heavy (non-hydrogen) atoms. The zero-order chi connectivity index (χ0) is 36.3. The van der Waals surface area contributed by atoms with Crippen LogP contribution in [0.3, 0.4) is 0 Å². The van der Waals surface area contributed by atoms with Gasteiger partial charge in [0.2, 0.25) is 0 Å². The van der Waals surface area contributed by atoms with Crippen molar-refractivity contribution in [2.45, 2.75) is 5.41 Å². The number of hydrogen-bond donors (Lipinski definition) is 1. The third-order valence-corrected chi connectivity index (χ3v) is 11.6. The van der Waals surface area contributed by atoms with Gasteiger partial charge in [0.1, 0.15) is 0 Å². The number of nitrogens with zero attached hydrogens (tertiary/aromatic N) is 1. The first-order chi connectivity index (χ1) is 27.3. The Morgan fingerprint density at radius 1 is 0.364 bits per heavy atom. The van der Waals surface area contributed by atoms with Gasteiger partial charge in [-0.2, -0.15) is 0 Å². The first kappa shape index (κ1) is 31.4. The summed E-state index contributed by atoms with van der Waals surface area (Å²) in [5.41, 5.74) is 15.4. The van der Waals surface area contributed by atoms with Gasteiger partial charge in [-0.25, -0.2) is 0 Å². The molecule has 2 heteroatoms. The second-order valence-electron chi connectivity index (χ2n) is 14.6. The molecule has 1 heterocycles. The van der Waals surface area contributed by atoms with Crippen LogP contribution in [0.15, 0.2) is 212 Å². The molecule has 1 N–H and O–H groups in total. The van der Waals surface area contributed by atoms with Crippen molar-refractivity contribution in [3.63, 3.8) is 0 Å². The minimum absolute atomic E-state index is 0.467. The fourth-order valence-corrected chi connectivity index (χ4v) is 9.26. The highest BCUT2D eigenvalue weighted by Gasteiger charge is 2.46. The van der Waals surface area contributed by atoms with Crippen LogP contribution < -0.4 is 5.32 Å². The first-order valence-electron chi connectivity index (χ1n) is 19.0. The van der Waals surface area contributed by atoms with Crippen LogP contribution in [0.5, 0.6) is 0 Å². The van der Waals surface area contributed by atoms with Gasteiger partial charge in [0.25, 0.3) is 0 Å². The largest absolute Gasteiger partial charge is 0.356 e. The summed E-state index contributed by atoms with van der Waals surface area (Å²) >= 11 is 0. The van der Waals surface area contributed by atoms with Crippen LogP contribution in [0.4, 0.5) is 11.4 Å². The van der Waals surface area contributed by atoms with Crippen LogP contribution in [0.25, 0.3) is 60.5 Å². The Kier molecular flexibility index (Phi) is 7.11. The lowest BCUT2D eigenvalue weighted by molar-refractivity contribution is 0.769. The molecule has 2 nitrogen and oxygen atoms in total. The van der Waals surface area contributed by atoms with E-state index < -0.39 is 5.41 Å². The molecular formula is C53H36N2. The van der Waals surface area contributed by atoms with Crippen molar-refractivity contribution in [2.75, 3.05) is 5.32 Å². The Morgan fingerprint density at radius 2 is 0.964 bits per heavy atom. The number of anilines is 2. The lowest BCUT2D eigenvalue weighted by Crippen LogP contribution is -2.28. The van der Waals surface area contributed by atoms with E-state index in [-0.39, 0.29) is 0 Å². The fraction of sp³-hybridized carbons (Fsp3) is 0.0189. The molecular weight excluding hydrogens is 665 g/mol. The van der Waals surface area contributed by atoms with E-state index in [1.54, 1.807) is 0 Å². The quantitative estimate of drug-likeness (QED) is 0.183. The molecule has 1 aromatic heterocycles. The molecule has 0 aliphatic heterocycles. The van der Waals surface area contributed by atoms with Crippen molar-refractivity contribution in [3.05, 3.63) is 235 Å². The van der Waals surface area contributed by atoms with Gasteiger partial charge in [-0.05, 0) is 110 Å². The fourth-order valence-electron chi connectivity index (χ4n) is 9.26. The molecule has 0 spiro atoms. The maximum Gasteiger partial charge on any atom is 0.0714 e. The normalized spacial score (nSPS) is 12.9. The number of benzene rings is 9. The zero-order valence-electron chi connectivity index (χ0n) is 30.2. The summed E-state index contributed by atoms with van der Waals surface area (Å²) in [6.45, 7) is 0. The van der Waals surface area contributed by atoms with Gasteiger partial charge < -0.3 is 9.88 Å². The van der Waals surface area contributed by atoms with Gasteiger partial charge in [-0.15, -0.1) is 0 Å². The Morgan fingerprint density at radius 3 is 1.73 bits per heavy atom. The summed E-state index contributed by atoms with van der Waals surface area (Å²) in [6, 6.07) is 77.6. The molecule has 0 bridgehead atoms. The SMILES string of the molecule is c1ccc(-n2c3ccc(Nc4ccc(-c5cccc6ccccc56)cc4)cc3c3cc4c(cc32)C(c2ccccc2)(c2ccccc2)c2ccccc2-4)cc1. The van der Waals surface area contributed by atoms with Crippen molar-refractivity contribution in [2.24, 2.45) is 0 Å². The van der Waals surface area contributed by atoms with Crippen LogP contribution in [-0.4, -0.2) is 4.57 Å². The number of rotatable bonds is 6. The van der Waals surface area contributed by atoms with Crippen molar-refractivity contribution in [1.29, 1.82) is 0 Å². The third-order valence-electron chi connectivity index (χ3n) is 11.6. The van der Waals surface area contributed by atoms with Crippen molar-refractivity contribution >= 4 is 44.0 Å². The van der Waals surface area contributed by atoms with E-state index in [2.05, 4.69) is 222 Å². The molecule has 0 unspecified atom stereocenters. The molecule has 0 saturated carbocycles. The summed E-state index contributed by atoms with van der Waals surface area (Å²) < 4.78 is 2.44. The second-order valence-corrected chi connectivity index (χ2v) is 14.6. The molecule has 0 atom stereocenters. The molecule has 0 amide bonds. The molecule has 10 aromatic rings. The minimum Gasteiger partial charge on any atom is -0.356 e. The van der Waals surface area contributed by atoms with Crippen molar-refractivity contribution < 1.29 is 0 Å². The third kappa shape index (κ3) is 4.82. The predicted molar refractivity (Wildman–Crippen MR) is 231 cm³/mol. The Balaban J connectivity index is 1.10. The van der Waals surface area contributed by atoms with Crippen LogP contribution in [-0.2, 0) is 5.41 Å². The molecule has 258 valence electrons. The monoisotopic (exact) mass is 700 g/mol. The van der Waals surface area contributed by atoms with Crippen LogP contribution in [0.2, 0.25) is 0 Å². The van der Waals surface area contributed by atoms with Gasteiger partial charge in [-0.3, -0.25) is 0 Å². The number of fused-ring (bicyclic) bond motifs is 7. The summed E-state index contributed by atoms with van der Waals surface area (Å²) in [5.74, 6) is 0. The van der Waals surface area contributed by atoms with E-state index in [0.717, 1.165) is 17.1 Å². The van der Waals surface area contributed by atoms with Crippen molar-refractivity contribution in [3.8, 4) is 27.9 Å². The lowest BCUT2D eigenvalue weighted by Gasteiger charge is -2.34. The standard InChI is InChI=1S/C53H36N2/c1-4-17-38(18-5-1)53(39-19-6-2-7-20-39)49-26-13-12-24-45(49)46-34-48-47-33-41(31-32-51(47)55(52(48)35-50(46)53)42-21-8-3-9-22-42)54-40-29-27-37(28-30-40)44-25-14-16-36-15-10-11-23-43(36)44/h1-35,54H. The average molecular weight is 701 g/mol. The Labute approximate surface area is 320 Å². The molecule has 9 aromatic carbocycles. The van der Waals surface area contributed by atoms with E-state index in [4.69, 9.17) is 0 Å². The van der Waals surface area contributed by atoms with Gasteiger partial charge in [0.05, 0.1) is 16.4 Å². The number of para-hydroxylation sites is 1. The van der Waals surface area contributed by atoms with Gasteiger partial charge >= 0.3 is 0 Å². The smallest absolute Gasteiger partial charge is 0.0714 e. The van der Waals surface area contributed by atoms with E-state index in [1.165, 1.54) is 77.1 Å². The summed E-state index contributed by atoms with van der Waals surface area (Å²) in [5, 5.41) is 8.72. The average Bonchev–Trinajstić information content (AvgIpc) is 3.73. The van der Waals surface area contributed by atoms with Crippen LogP contribution in [0.1, 0.15) is 22.3 Å². The zero-order valence-corrected chi connectivity index (χ0v) is 30.2. The molecule has 0 radical (unpaired) electrons. The van der Waals surface area contributed by atoms with Crippen LogP contribution >= 0.6 is 0 Å². The number of hydrogen-bond acceptors (Lipinski definition) is 1. The van der Waals surface area contributed by atoms with E-state index >= 15 is 0 Å². The highest BCUT2D eigenvalue weighted by atomic mass is 15.0. The molecule has 1 aliphatic rings. The summed E-state index contributed by atoms with van der Waals surface area (Å²) in [7, 11) is 0. The summed E-state index contributed by atoms with van der Waals surface area (Å²) in [4.78, 5) is 0. The maximum absolute atomic E-state index is 3.74. The molecule has 0 fully saturated rings. The number of aromatic nitrogens is 1. The van der Waals surface area contributed by atoms with Gasteiger partial charge in [0, 0.05) is 27.8 Å². The topological polar surface area (TPSA) is 17.0 Å². The number of nitrogens with one attached hydrogen (secondary N) is 1. The lowest BCUT2D eigenvalue weighted by atomic mass is 9.67. The molecule has 0 saturated heterocycles. The highest BCUT2D eigenvalue weighted by Crippen LogP contribution is 2.57. The highest BCUT2D eigenvalue weighted by molar-refractivity contribution is 6.13. The maximum atomic E-state index is 3.74. The molecule has 1 aliphatic carbocycles. The van der Waals surface area contributed by atoms with Crippen LogP contribution in [0, 0.1) is 0 Å². The van der Waals surface area contributed by atoms with Gasteiger partial charge in [-0.1, -0.05) is 158 Å². The second kappa shape index (κ2) is 12.5. The summed E-state index contributed by atoms with van der Waals surface area (Å²) in [6.07, 6.45) is 0. The van der Waals surface area contributed by atoms with E-state index in [9.17, 15) is 0 Å². The predicted octanol–water partition coefficient (Wildman–Crippen LogP) is 13.7. The van der Waals surface area contributed by atoms with E-state index in [1.807, 2.05) is 0 Å². The Bertz CT molecular complexity index is 2990. The van der Waals surface area contributed by atoms with Crippen molar-refractivity contribution in [1.82, 2.24) is 4.57 Å². The van der Waals surface area contributed by atoms with E-state index in [0.29, 0.717) is 0 Å². The minimum atomic E-state index is -0.467. The molecule has 11 rings (SSSR count). The Hall–Kier alpha value is -7.16. The van der Waals surface area contributed by atoms with Gasteiger partial charge in [0.15, 0.2) is 0 Å². The first-order valence-corrected chi connectivity index (χ1v) is 19.0.